The van der Waals surface area contributed by atoms with Crippen molar-refractivity contribution in [2.24, 2.45) is 5.73 Å². The van der Waals surface area contributed by atoms with Crippen LogP contribution in [0.4, 0.5) is 0 Å². The number of hydrogen-bond acceptors (Lipinski definition) is 2. The standard InChI is InChI=1S/C12H11BrClNO/c1-7-2-3-8(6-9(7)14)12(15)10-4-5-11(13)16-10/h2-6,12H,15H2,1H3. The van der Waals surface area contributed by atoms with Gasteiger partial charge in [0.25, 0.3) is 0 Å². The van der Waals surface area contributed by atoms with Crippen LogP contribution in [0.1, 0.15) is 22.9 Å². The summed E-state index contributed by atoms with van der Waals surface area (Å²) in [5, 5.41) is 0.721. The Bertz CT molecular complexity index is 509. The lowest BCUT2D eigenvalue weighted by molar-refractivity contribution is 0.470. The highest BCUT2D eigenvalue weighted by Gasteiger charge is 2.13. The first-order chi connectivity index (χ1) is 7.58. The van der Waals surface area contributed by atoms with Gasteiger partial charge in [-0.3, -0.25) is 0 Å². The Balaban J connectivity index is 2.33. The molecule has 1 atom stereocenters. The molecule has 2 rings (SSSR count). The lowest BCUT2D eigenvalue weighted by Gasteiger charge is -2.10. The van der Waals surface area contributed by atoms with E-state index in [4.69, 9.17) is 21.8 Å². The van der Waals surface area contributed by atoms with Crippen LogP contribution in [-0.2, 0) is 0 Å². The van der Waals surface area contributed by atoms with E-state index in [2.05, 4.69) is 15.9 Å². The second kappa shape index (κ2) is 4.62. The van der Waals surface area contributed by atoms with Gasteiger partial charge < -0.3 is 10.2 Å². The molecular formula is C12H11BrClNO. The van der Waals surface area contributed by atoms with Crippen LogP contribution in [0.5, 0.6) is 0 Å². The highest BCUT2D eigenvalue weighted by atomic mass is 79.9. The Hall–Kier alpha value is -0.770. The van der Waals surface area contributed by atoms with Crippen molar-refractivity contribution < 1.29 is 4.42 Å². The average Bonchev–Trinajstić information content (AvgIpc) is 2.68. The molecule has 0 aliphatic heterocycles. The minimum absolute atomic E-state index is 0.288. The molecule has 0 bridgehead atoms. The third-order valence-corrected chi connectivity index (χ3v) is 3.29. The summed E-state index contributed by atoms with van der Waals surface area (Å²) in [7, 11) is 0. The van der Waals surface area contributed by atoms with E-state index in [1.165, 1.54) is 0 Å². The summed E-state index contributed by atoms with van der Waals surface area (Å²) in [6.07, 6.45) is 0. The Morgan fingerprint density at radius 2 is 2.06 bits per heavy atom. The molecule has 2 N–H and O–H groups in total. The van der Waals surface area contributed by atoms with E-state index in [9.17, 15) is 0 Å². The van der Waals surface area contributed by atoms with Crippen LogP contribution in [0.25, 0.3) is 0 Å². The summed E-state index contributed by atoms with van der Waals surface area (Å²) < 4.78 is 6.10. The molecule has 1 aromatic heterocycles. The molecule has 84 valence electrons. The van der Waals surface area contributed by atoms with Gasteiger partial charge in [-0.15, -0.1) is 0 Å². The van der Waals surface area contributed by atoms with E-state index < -0.39 is 0 Å². The maximum absolute atomic E-state index is 6.08. The zero-order valence-corrected chi connectivity index (χ0v) is 11.0. The Labute approximate surface area is 108 Å². The zero-order valence-electron chi connectivity index (χ0n) is 8.71. The molecule has 2 nitrogen and oxygen atoms in total. The van der Waals surface area contributed by atoms with Gasteiger partial charge in [0, 0.05) is 5.02 Å². The van der Waals surface area contributed by atoms with Gasteiger partial charge in [-0.05, 0) is 52.2 Å². The zero-order chi connectivity index (χ0) is 11.7. The smallest absolute Gasteiger partial charge is 0.169 e. The van der Waals surface area contributed by atoms with Crippen molar-refractivity contribution in [3.8, 4) is 0 Å². The Kier molecular flexibility index (Phi) is 3.38. The van der Waals surface area contributed by atoms with Crippen molar-refractivity contribution >= 4 is 27.5 Å². The number of halogens is 2. The second-order valence-corrected chi connectivity index (χ2v) is 4.82. The van der Waals surface area contributed by atoms with E-state index >= 15 is 0 Å². The van der Waals surface area contributed by atoms with Crippen molar-refractivity contribution in [1.29, 1.82) is 0 Å². The quantitative estimate of drug-likeness (QED) is 0.908. The molecule has 2 aromatic rings. The number of hydrogen-bond donors (Lipinski definition) is 1. The third kappa shape index (κ3) is 2.32. The monoisotopic (exact) mass is 299 g/mol. The molecule has 0 amide bonds. The van der Waals surface area contributed by atoms with E-state index in [1.54, 1.807) is 0 Å². The SMILES string of the molecule is Cc1ccc(C(N)c2ccc(Br)o2)cc1Cl. The van der Waals surface area contributed by atoms with Crippen LogP contribution >= 0.6 is 27.5 Å². The summed E-state index contributed by atoms with van der Waals surface area (Å²) in [4.78, 5) is 0. The molecule has 0 saturated heterocycles. The van der Waals surface area contributed by atoms with Crippen molar-refractivity contribution in [2.75, 3.05) is 0 Å². The largest absolute Gasteiger partial charge is 0.452 e. The number of benzene rings is 1. The van der Waals surface area contributed by atoms with Crippen LogP contribution in [0.15, 0.2) is 39.4 Å². The molecule has 1 unspecified atom stereocenters. The fourth-order valence-corrected chi connectivity index (χ4v) is 1.97. The highest BCUT2D eigenvalue weighted by Crippen LogP contribution is 2.26. The van der Waals surface area contributed by atoms with E-state index in [-0.39, 0.29) is 6.04 Å². The summed E-state index contributed by atoms with van der Waals surface area (Å²) in [6.45, 7) is 1.96. The molecule has 1 aromatic carbocycles. The van der Waals surface area contributed by atoms with Crippen LogP contribution in [0.2, 0.25) is 5.02 Å². The molecule has 0 saturated carbocycles. The first-order valence-corrected chi connectivity index (χ1v) is 6.02. The molecule has 4 heteroatoms. The van der Waals surface area contributed by atoms with E-state index in [1.807, 2.05) is 37.3 Å². The van der Waals surface area contributed by atoms with Gasteiger partial charge in [-0.1, -0.05) is 23.7 Å². The first-order valence-electron chi connectivity index (χ1n) is 4.85. The summed E-state index contributed by atoms with van der Waals surface area (Å²) >= 11 is 9.31. The van der Waals surface area contributed by atoms with Crippen molar-refractivity contribution in [3.63, 3.8) is 0 Å². The molecule has 0 spiro atoms. The van der Waals surface area contributed by atoms with E-state index in [0.717, 1.165) is 16.1 Å². The molecule has 0 fully saturated rings. The maximum atomic E-state index is 6.08. The fourth-order valence-electron chi connectivity index (χ4n) is 1.46. The molecule has 16 heavy (non-hydrogen) atoms. The number of furan rings is 1. The lowest BCUT2D eigenvalue weighted by atomic mass is 10.0. The first kappa shape index (κ1) is 11.7. The van der Waals surface area contributed by atoms with Gasteiger partial charge >= 0.3 is 0 Å². The highest BCUT2D eigenvalue weighted by molar-refractivity contribution is 9.10. The number of aryl methyl sites for hydroxylation is 1. The second-order valence-electron chi connectivity index (χ2n) is 3.63. The molecule has 1 heterocycles. The van der Waals surface area contributed by atoms with Gasteiger partial charge in [0.15, 0.2) is 4.67 Å². The lowest BCUT2D eigenvalue weighted by Crippen LogP contribution is -2.10. The summed E-state index contributed by atoms with van der Waals surface area (Å²) in [6, 6.07) is 9.17. The van der Waals surface area contributed by atoms with Gasteiger partial charge in [-0.25, -0.2) is 0 Å². The van der Waals surface area contributed by atoms with Crippen LogP contribution < -0.4 is 5.73 Å². The fraction of sp³-hybridized carbons (Fsp3) is 0.167. The van der Waals surface area contributed by atoms with Gasteiger partial charge in [-0.2, -0.15) is 0 Å². The summed E-state index contributed by atoms with van der Waals surface area (Å²) in [5.74, 6) is 0.715. The number of rotatable bonds is 2. The number of nitrogens with two attached hydrogens (primary N) is 1. The maximum Gasteiger partial charge on any atom is 0.169 e. The molecule has 0 radical (unpaired) electrons. The van der Waals surface area contributed by atoms with Gasteiger partial charge in [0.05, 0.1) is 6.04 Å². The van der Waals surface area contributed by atoms with Crippen molar-refractivity contribution in [3.05, 3.63) is 56.9 Å². The predicted octanol–water partition coefficient (Wildman–Crippen LogP) is 4.05. The van der Waals surface area contributed by atoms with Crippen molar-refractivity contribution in [2.45, 2.75) is 13.0 Å². The normalized spacial score (nSPS) is 12.8. The molecule has 0 aliphatic carbocycles. The minimum atomic E-state index is -0.288. The summed E-state index contributed by atoms with van der Waals surface area (Å²) in [5.41, 5.74) is 8.06. The Morgan fingerprint density at radius 1 is 1.31 bits per heavy atom. The molecular weight excluding hydrogens is 289 g/mol. The van der Waals surface area contributed by atoms with Crippen LogP contribution in [0.3, 0.4) is 0 Å². The predicted molar refractivity (Wildman–Crippen MR) is 68.6 cm³/mol. The van der Waals surface area contributed by atoms with E-state index in [0.29, 0.717) is 10.4 Å². The van der Waals surface area contributed by atoms with Crippen LogP contribution in [0, 0.1) is 6.92 Å². The van der Waals surface area contributed by atoms with Crippen molar-refractivity contribution in [1.82, 2.24) is 0 Å². The Morgan fingerprint density at radius 3 is 2.62 bits per heavy atom. The average molecular weight is 301 g/mol. The minimum Gasteiger partial charge on any atom is -0.452 e. The third-order valence-electron chi connectivity index (χ3n) is 2.46. The van der Waals surface area contributed by atoms with Crippen LogP contribution in [-0.4, -0.2) is 0 Å². The molecule has 0 aliphatic rings. The topological polar surface area (TPSA) is 39.2 Å². The van der Waals surface area contributed by atoms with Gasteiger partial charge in [0.1, 0.15) is 5.76 Å². The van der Waals surface area contributed by atoms with Gasteiger partial charge in [0.2, 0.25) is 0 Å².